The summed E-state index contributed by atoms with van der Waals surface area (Å²) in [5, 5.41) is 5.47. The molecule has 2 N–H and O–H groups in total. The Labute approximate surface area is 177 Å². The lowest BCUT2D eigenvalue weighted by Crippen LogP contribution is -2.47. The third kappa shape index (κ3) is 5.23. The molecule has 6 heteroatoms. The number of amides is 2. The fourth-order valence-electron chi connectivity index (χ4n) is 3.36. The molecule has 0 saturated carbocycles. The van der Waals surface area contributed by atoms with Crippen molar-refractivity contribution in [3.05, 3.63) is 64.7 Å². The van der Waals surface area contributed by atoms with Crippen molar-refractivity contribution in [2.75, 3.05) is 5.32 Å². The first-order chi connectivity index (χ1) is 14.0. The van der Waals surface area contributed by atoms with Crippen LogP contribution in [-0.4, -0.2) is 17.9 Å². The number of anilines is 1. The summed E-state index contributed by atoms with van der Waals surface area (Å²) in [4.78, 5) is 25.7. The Kier molecular flexibility index (Phi) is 7.71. The highest BCUT2D eigenvalue weighted by atomic mass is 19.1. The summed E-state index contributed by atoms with van der Waals surface area (Å²) in [7, 11) is 0. The molecule has 0 fully saturated rings. The molecule has 0 spiro atoms. The van der Waals surface area contributed by atoms with Crippen LogP contribution >= 0.6 is 0 Å². The number of hydrogen-bond donors (Lipinski definition) is 2. The fourth-order valence-corrected chi connectivity index (χ4v) is 3.36. The number of para-hydroxylation sites is 1. The summed E-state index contributed by atoms with van der Waals surface area (Å²) < 4.78 is 28.0. The predicted octanol–water partition coefficient (Wildman–Crippen LogP) is 5.60. The maximum absolute atomic E-state index is 14.0. The Morgan fingerprint density at radius 3 is 1.70 bits per heavy atom. The number of rotatable bonds is 7. The number of carbonyl (C=O) groups is 2. The van der Waals surface area contributed by atoms with E-state index >= 15 is 0 Å². The van der Waals surface area contributed by atoms with Gasteiger partial charge < -0.3 is 10.6 Å². The van der Waals surface area contributed by atoms with E-state index in [0.29, 0.717) is 0 Å². The van der Waals surface area contributed by atoms with Gasteiger partial charge in [-0.15, -0.1) is 0 Å². The maximum Gasteiger partial charge on any atom is 0.257 e. The van der Waals surface area contributed by atoms with E-state index in [2.05, 4.69) is 10.6 Å². The van der Waals surface area contributed by atoms with Crippen LogP contribution in [0, 0.1) is 17.6 Å². The zero-order chi connectivity index (χ0) is 22.6. The Hall–Kier alpha value is -2.76. The lowest BCUT2D eigenvalue weighted by Gasteiger charge is -2.25. The first kappa shape index (κ1) is 23.5. The van der Waals surface area contributed by atoms with Gasteiger partial charge in [-0.3, -0.25) is 9.59 Å². The van der Waals surface area contributed by atoms with Crippen LogP contribution in [0.4, 0.5) is 14.5 Å². The van der Waals surface area contributed by atoms with Crippen molar-refractivity contribution in [1.82, 2.24) is 5.32 Å². The molecule has 0 radical (unpaired) electrons. The summed E-state index contributed by atoms with van der Waals surface area (Å²) in [5.41, 5.74) is 2.01. The molecule has 0 heterocycles. The highest BCUT2D eigenvalue weighted by Crippen LogP contribution is 2.32. The van der Waals surface area contributed by atoms with Crippen molar-refractivity contribution in [2.24, 2.45) is 5.92 Å². The van der Waals surface area contributed by atoms with Gasteiger partial charge >= 0.3 is 0 Å². The Bertz CT molecular complexity index is 877. The highest BCUT2D eigenvalue weighted by molar-refractivity contribution is 6.02. The lowest BCUT2D eigenvalue weighted by atomic mass is 9.92. The minimum absolute atomic E-state index is 0.179. The standard InChI is InChI=1S/C24H30F2N2O2/c1-13(2)16-9-7-10-17(14(3)4)22(16)28-24(30)21(15(5)6)27-23(29)20-18(25)11-8-12-19(20)26/h7-15,21H,1-6H3,(H,27,29)(H,28,30)/t21-/m0/s1. The van der Waals surface area contributed by atoms with Gasteiger partial charge in [-0.2, -0.15) is 0 Å². The monoisotopic (exact) mass is 416 g/mol. The second-order valence-electron chi connectivity index (χ2n) is 8.40. The van der Waals surface area contributed by atoms with Gasteiger partial charge in [0.2, 0.25) is 5.91 Å². The molecular weight excluding hydrogens is 386 g/mol. The zero-order valence-electron chi connectivity index (χ0n) is 18.3. The van der Waals surface area contributed by atoms with Gasteiger partial charge in [0.05, 0.1) is 0 Å². The van der Waals surface area contributed by atoms with Crippen LogP contribution < -0.4 is 10.6 Å². The SMILES string of the molecule is CC(C)c1cccc(C(C)C)c1NC(=O)[C@@H](NC(=O)c1c(F)cccc1F)C(C)C. The minimum Gasteiger partial charge on any atom is -0.340 e. The molecule has 0 unspecified atom stereocenters. The Morgan fingerprint density at radius 1 is 0.800 bits per heavy atom. The third-order valence-electron chi connectivity index (χ3n) is 5.05. The minimum atomic E-state index is -0.970. The van der Waals surface area contributed by atoms with E-state index in [1.54, 1.807) is 13.8 Å². The van der Waals surface area contributed by atoms with Crippen LogP contribution in [0.25, 0.3) is 0 Å². The van der Waals surface area contributed by atoms with Crippen molar-refractivity contribution in [3.63, 3.8) is 0 Å². The van der Waals surface area contributed by atoms with Crippen LogP contribution in [0.15, 0.2) is 36.4 Å². The average molecular weight is 417 g/mol. The van der Waals surface area contributed by atoms with Gasteiger partial charge in [-0.25, -0.2) is 8.78 Å². The van der Waals surface area contributed by atoms with Crippen LogP contribution in [-0.2, 0) is 4.79 Å². The molecule has 4 nitrogen and oxygen atoms in total. The van der Waals surface area contributed by atoms with E-state index in [1.165, 1.54) is 6.07 Å². The molecule has 0 bridgehead atoms. The quantitative estimate of drug-likeness (QED) is 0.617. The molecule has 0 aliphatic rings. The third-order valence-corrected chi connectivity index (χ3v) is 5.05. The lowest BCUT2D eigenvalue weighted by molar-refractivity contribution is -0.118. The van der Waals surface area contributed by atoms with E-state index in [-0.39, 0.29) is 17.8 Å². The molecular formula is C24H30F2N2O2. The summed E-state index contributed by atoms with van der Waals surface area (Å²) >= 11 is 0. The van der Waals surface area contributed by atoms with Gasteiger partial charge in [-0.05, 0) is 41.0 Å². The van der Waals surface area contributed by atoms with E-state index < -0.39 is 35.1 Å². The number of benzene rings is 2. The van der Waals surface area contributed by atoms with Crippen molar-refractivity contribution in [3.8, 4) is 0 Å². The molecule has 1 atom stereocenters. The first-order valence-corrected chi connectivity index (χ1v) is 10.2. The zero-order valence-corrected chi connectivity index (χ0v) is 18.3. The van der Waals surface area contributed by atoms with Gasteiger partial charge in [-0.1, -0.05) is 65.8 Å². The number of carbonyl (C=O) groups excluding carboxylic acids is 2. The van der Waals surface area contributed by atoms with Crippen LogP contribution in [0.5, 0.6) is 0 Å². The summed E-state index contributed by atoms with van der Waals surface area (Å²) in [6.45, 7) is 11.7. The Morgan fingerprint density at radius 2 is 1.27 bits per heavy atom. The van der Waals surface area contributed by atoms with Crippen molar-refractivity contribution >= 4 is 17.5 Å². The summed E-state index contributed by atoms with van der Waals surface area (Å²) in [6, 6.07) is 8.13. The molecule has 2 aromatic rings. The fraction of sp³-hybridized carbons (Fsp3) is 0.417. The smallest absolute Gasteiger partial charge is 0.257 e. The molecule has 2 aromatic carbocycles. The largest absolute Gasteiger partial charge is 0.340 e. The maximum atomic E-state index is 14.0. The average Bonchev–Trinajstić information content (AvgIpc) is 2.65. The molecule has 2 rings (SSSR count). The van der Waals surface area contributed by atoms with Crippen molar-refractivity contribution in [2.45, 2.75) is 59.4 Å². The van der Waals surface area contributed by atoms with Gasteiger partial charge in [0.15, 0.2) is 0 Å². The van der Waals surface area contributed by atoms with Crippen LogP contribution in [0.2, 0.25) is 0 Å². The highest BCUT2D eigenvalue weighted by Gasteiger charge is 2.28. The van der Waals surface area contributed by atoms with Gasteiger partial charge in [0, 0.05) is 5.69 Å². The van der Waals surface area contributed by atoms with Crippen molar-refractivity contribution in [1.29, 1.82) is 0 Å². The molecule has 30 heavy (non-hydrogen) atoms. The van der Waals surface area contributed by atoms with Crippen LogP contribution in [0.3, 0.4) is 0 Å². The summed E-state index contributed by atoms with van der Waals surface area (Å²) in [5.74, 6) is -3.26. The molecule has 0 aliphatic heterocycles. The second-order valence-corrected chi connectivity index (χ2v) is 8.40. The molecule has 162 valence electrons. The van der Waals surface area contributed by atoms with Crippen LogP contribution in [0.1, 0.15) is 74.9 Å². The van der Waals surface area contributed by atoms with E-state index in [4.69, 9.17) is 0 Å². The van der Waals surface area contributed by atoms with E-state index in [9.17, 15) is 18.4 Å². The van der Waals surface area contributed by atoms with E-state index in [1.807, 2.05) is 45.9 Å². The molecule has 0 saturated heterocycles. The molecule has 0 aromatic heterocycles. The number of hydrogen-bond acceptors (Lipinski definition) is 2. The first-order valence-electron chi connectivity index (χ1n) is 10.2. The Balaban J connectivity index is 2.35. The molecule has 0 aliphatic carbocycles. The summed E-state index contributed by atoms with van der Waals surface area (Å²) in [6.07, 6.45) is 0. The van der Waals surface area contributed by atoms with Crippen molar-refractivity contribution < 1.29 is 18.4 Å². The number of nitrogens with one attached hydrogen (secondary N) is 2. The van der Waals surface area contributed by atoms with Gasteiger partial charge in [0.25, 0.3) is 5.91 Å². The normalized spacial score (nSPS) is 12.4. The molecule has 2 amide bonds. The van der Waals surface area contributed by atoms with Gasteiger partial charge in [0.1, 0.15) is 23.2 Å². The van der Waals surface area contributed by atoms with E-state index in [0.717, 1.165) is 28.9 Å². The predicted molar refractivity (Wildman–Crippen MR) is 116 cm³/mol. The second kappa shape index (κ2) is 9.83. The number of halogens is 2. The topological polar surface area (TPSA) is 58.2 Å².